The number of hydrogen-bond acceptors (Lipinski definition) is 4. The van der Waals surface area contributed by atoms with Crippen LogP contribution in [0.3, 0.4) is 0 Å². The van der Waals surface area contributed by atoms with Crippen molar-refractivity contribution < 1.29 is 9.53 Å². The monoisotopic (exact) mass is 384 g/mol. The van der Waals surface area contributed by atoms with E-state index in [1.807, 2.05) is 16.9 Å². The highest BCUT2D eigenvalue weighted by Gasteiger charge is 2.33. The third-order valence-corrected chi connectivity index (χ3v) is 5.43. The van der Waals surface area contributed by atoms with Gasteiger partial charge in [0.2, 0.25) is 0 Å². The highest BCUT2D eigenvalue weighted by molar-refractivity contribution is 5.92. The van der Waals surface area contributed by atoms with Crippen molar-refractivity contribution in [3.63, 3.8) is 0 Å². The summed E-state index contributed by atoms with van der Waals surface area (Å²) in [5.74, 6) is -0.0902. The number of aromatic nitrogens is 2. The Bertz CT molecular complexity index is 551. The number of rotatable bonds is 7. The quantitative estimate of drug-likeness (QED) is 0.758. The number of nitrogens with one attached hydrogen (secondary N) is 2. The number of ether oxygens (including phenoxy) is 1. The molecule has 0 aromatic carbocycles. The van der Waals surface area contributed by atoms with Crippen LogP contribution in [0.2, 0.25) is 0 Å². The maximum atomic E-state index is 12.5. The molecule has 2 aliphatic rings. The Hall–Kier alpha value is -1.11. The topological polar surface area (TPSA) is 68.2 Å². The zero-order valence-corrected chi connectivity index (χ0v) is 16.7. The smallest absolute Gasteiger partial charge is 0.271 e. The lowest BCUT2D eigenvalue weighted by Gasteiger charge is -2.37. The van der Waals surface area contributed by atoms with Gasteiger partial charge in [-0.05, 0) is 44.7 Å². The van der Waals surface area contributed by atoms with Crippen LogP contribution in [0, 0.1) is 0 Å². The summed E-state index contributed by atoms with van der Waals surface area (Å²) in [7, 11) is 0. The molecule has 2 N–H and O–H groups in total. The second kappa shape index (κ2) is 10.3. The van der Waals surface area contributed by atoms with E-state index in [0.717, 1.165) is 51.8 Å². The molecule has 6 nitrogen and oxygen atoms in total. The Labute approximate surface area is 162 Å². The van der Waals surface area contributed by atoms with E-state index in [2.05, 4.69) is 22.7 Å². The molecule has 2 fully saturated rings. The van der Waals surface area contributed by atoms with Gasteiger partial charge in [-0.25, -0.2) is 0 Å². The van der Waals surface area contributed by atoms with E-state index in [0.29, 0.717) is 18.3 Å². The summed E-state index contributed by atoms with van der Waals surface area (Å²) in [4.78, 5) is 12.5. The summed E-state index contributed by atoms with van der Waals surface area (Å²) in [5.41, 5.74) is 0.326. The molecule has 26 heavy (non-hydrogen) atoms. The Morgan fingerprint density at radius 2 is 2.19 bits per heavy atom. The molecule has 0 radical (unpaired) electrons. The first kappa shape index (κ1) is 21.2. The van der Waals surface area contributed by atoms with Crippen LogP contribution in [0.25, 0.3) is 0 Å². The average Bonchev–Trinajstić information content (AvgIpc) is 3.16. The highest BCUT2D eigenvalue weighted by Crippen LogP contribution is 2.31. The molecule has 1 atom stereocenters. The molecule has 1 aromatic rings. The number of hydrogen-bond donors (Lipinski definition) is 2. The van der Waals surface area contributed by atoms with Gasteiger partial charge in [0.1, 0.15) is 5.69 Å². The van der Waals surface area contributed by atoms with Gasteiger partial charge in [0.05, 0.1) is 11.6 Å². The van der Waals surface area contributed by atoms with E-state index in [1.54, 1.807) is 0 Å². The van der Waals surface area contributed by atoms with Crippen molar-refractivity contribution in [2.24, 2.45) is 0 Å². The van der Waals surface area contributed by atoms with Crippen molar-refractivity contribution >= 4 is 18.3 Å². The van der Waals surface area contributed by atoms with Gasteiger partial charge in [-0.15, -0.1) is 12.4 Å². The summed E-state index contributed by atoms with van der Waals surface area (Å²) >= 11 is 0. The van der Waals surface area contributed by atoms with Crippen LogP contribution in [0.4, 0.5) is 0 Å². The predicted molar refractivity (Wildman–Crippen MR) is 105 cm³/mol. The number of piperidine rings is 1. The molecular weight excluding hydrogens is 352 g/mol. The molecule has 0 spiro atoms. The molecule has 1 aromatic heterocycles. The van der Waals surface area contributed by atoms with Gasteiger partial charge in [0, 0.05) is 25.9 Å². The fraction of sp³-hybridized carbons (Fsp3) is 0.789. The molecule has 3 rings (SSSR count). The normalized spacial score (nSPS) is 22.4. The van der Waals surface area contributed by atoms with Gasteiger partial charge in [0.25, 0.3) is 5.91 Å². The van der Waals surface area contributed by atoms with E-state index < -0.39 is 0 Å². The fourth-order valence-electron chi connectivity index (χ4n) is 3.94. The number of carbonyl (C=O) groups is 1. The van der Waals surface area contributed by atoms with E-state index in [4.69, 9.17) is 4.74 Å². The zero-order chi connectivity index (χ0) is 17.5. The van der Waals surface area contributed by atoms with Crippen LogP contribution in [0.1, 0.15) is 74.8 Å². The van der Waals surface area contributed by atoms with Gasteiger partial charge in [-0.3, -0.25) is 9.48 Å². The predicted octanol–water partition coefficient (Wildman–Crippen LogP) is 3.09. The van der Waals surface area contributed by atoms with Crippen molar-refractivity contribution in [2.75, 3.05) is 26.2 Å². The van der Waals surface area contributed by atoms with Crippen molar-refractivity contribution in [2.45, 2.75) is 69.9 Å². The van der Waals surface area contributed by atoms with Crippen molar-refractivity contribution in [3.8, 4) is 0 Å². The van der Waals surface area contributed by atoms with E-state index in [-0.39, 0.29) is 23.9 Å². The first-order valence-electron chi connectivity index (χ1n) is 9.90. The average molecular weight is 385 g/mol. The summed E-state index contributed by atoms with van der Waals surface area (Å²) in [6, 6.07) is 2.18. The van der Waals surface area contributed by atoms with Crippen LogP contribution < -0.4 is 10.6 Å². The third kappa shape index (κ3) is 5.44. The summed E-state index contributed by atoms with van der Waals surface area (Å²) in [6.07, 6.45) is 10.9. The number of amides is 1. The van der Waals surface area contributed by atoms with Gasteiger partial charge in [-0.2, -0.15) is 5.10 Å². The Kier molecular flexibility index (Phi) is 8.38. The van der Waals surface area contributed by atoms with E-state index >= 15 is 0 Å². The lowest BCUT2D eigenvalue weighted by molar-refractivity contribution is -0.0669. The third-order valence-electron chi connectivity index (χ3n) is 5.43. The minimum atomic E-state index is -0.181. The fourth-order valence-corrected chi connectivity index (χ4v) is 3.94. The van der Waals surface area contributed by atoms with Crippen LogP contribution in [0.5, 0.6) is 0 Å². The van der Waals surface area contributed by atoms with Gasteiger partial charge >= 0.3 is 0 Å². The SMILES string of the molecule is CCCOC1(CNC(=O)c2ccn(C3CCCNC3)n2)CCCCC1.Cl. The van der Waals surface area contributed by atoms with Crippen molar-refractivity contribution in [1.29, 1.82) is 0 Å². The highest BCUT2D eigenvalue weighted by atomic mass is 35.5. The molecule has 1 aliphatic heterocycles. The first-order chi connectivity index (χ1) is 12.2. The number of halogens is 1. The molecule has 1 unspecified atom stereocenters. The summed E-state index contributed by atoms with van der Waals surface area (Å²) in [6.45, 7) is 5.48. The molecule has 1 amide bonds. The second-order valence-corrected chi connectivity index (χ2v) is 7.46. The zero-order valence-electron chi connectivity index (χ0n) is 15.8. The standard InChI is InChI=1S/C19H32N4O2.ClH/c1-2-13-25-19(9-4-3-5-10-19)15-21-18(24)17-8-12-23(22-17)16-7-6-11-20-14-16;/h8,12,16,20H,2-7,9-11,13-15H2,1H3,(H,21,24);1H. The largest absolute Gasteiger partial charge is 0.373 e. The summed E-state index contributed by atoms with van der Waals surface area (Å²) in [5, 5.41) is 11.0. The lowest BCUT2D eigenvalue weighted by Crippen LogP contribution is -2.46. The van der Waals surface area contributed by atoms with Gasteiger partial charge in [0.15, 0.2) is 0 Å². The maximum absolute atomic E-state index is 12.5. The van der Waals surface area contributed by atoms with Gasteiger partial charge < -0.3 is 15.4 Å². The molecule has 1 saturated carbocycles. The van der Waals surface area contributed by atoms with Crippen LogP contribution >= 0.6 is 12.4 Å². The van der Waals surface area contributed by atoms with E-state index in [1.165, 1.54) is 19.3 Å². The van der Waals surface area contributed by atoms with Crippen molar-refractivity contribution in [1.82, 2.24) is 20.4 Å². The van der Waals surface area contributed by atoms with E-state index in [9.17, 15) is 4.79 Å². The molecular formula is C19H33ClN4O2. The van der Waals surface area contributed by atoms with Crippen LogP contribution in [-0.4, -0.2) is 47.5 Å². The Morgan fingerprint density at radius 3 is 2.88 bits per heavy atom. The Morgan fingerprint density at radius 1 is 1.38 bits per heavy atom. The molecule has 0 bridgehead atoms. The lowest BCUT2D eigenvalue weighted by atomic mass is 9.84. The van der Waals surface area contributed by atoms with Gasteiger partial charge in [-0.1, -0.05) is 26.2 Å². The number of carbonyl (C=O) groups excluding carboxylic acids is 1. The first-order valence-corrected chi connectivity index (χ1v) is 9.90. The summed E-state index contributed by atoms with van der Waals surface area (Å²) < 4.78 is 8.09. The minimum absolute atomic E-state index is 0. The molecule has 2 heterocycles. The Balaban J connectivity index is 0.00000243. The minimum Gasteiger partial charge on any atom is -0.373 e. The van der Waals surface area contributed by atoms with Crippen LogP contribution in [0.15, 0.2) is 12.3 Å². The molecule has 1 aliphatic carbocycles. The maximum Gasteiger partial charge on any atom is 0.271 e. The van der Waals surface area contributed by atoms with Crippen LogP contribution in [-0.2, 0) is 4.74 Å². The number of nitrogens with zero attached hydrogens (tertiary/aromatic N) is 2. The molecule has 7 heteroatoms. The molecule has 1 saturated heterocycles. The second-order valence-electron chi connectivity index (χ2n) is 7.46. The van der Waals surface area contributed by atoms with Crippen molar-refractivity contribution in [3.05, 3.63) is 18.0 Å². The molecule has 148 valence electrons.